The molecule has 124 valence electrons. The third-order valence-electron chi connectivity index (χ3n) is 4.22. The van der Waals surface area contributed by atoms with Crippen LogP contribution in [-0.2, 0) is 0 Å². The minimum Gasteiger partial charge on any atom is -0.494 e. The lowest BCUT2D eigenvalue weighted by Gasteiger charge is -2.32. The van der Waals surface area contributed by atoms with E-state index < -0.39 is 0 Å². The maximum absolute atomic E-state index is 5.81. The highest BCUT2D eigenvalue weighted by atomic mass is 16.5. The molecular formula is C18H30N2O2. The number of likely N-dealkylation sites (N-methyl/N-ethyl adjacent to an activating group) is 1. The first kappa shape index (κ1) is 17.1. The predicted octanol–water partition coefficient (Wildman–Crippen LogP) is 2.88. The van der Waals surface area contributed by atoms with Crippen molar-refractivity contribution in [1.82, 2.24) is 9.80 Å². The summed E-state index contributed by atoms with van der Waals surface area (Å²) in [6, 6.07) is 7.96. The third kappa shape index (κ3) is 5.85. The summed E-state index contributed by atoms with van der Waals surface area (Å²) in [5, 5.41) is 0. The van der Waals surface area contributed by atoms with Crippen LogP contribution in [0.15, 0.2) is 24.3 Å². The molecule has 1 atom stereocenters. The smallest absolute Gasteiger partial charge is 0.119 e. The Morgan fingerprint density at radius 1 is 1.05 bits per heavy atom. The molecule has 1 aromatic rings. The Kier molecular flexibility index (Phi) is 7.00. The second kappa shape index (κ2) is 9.01. The summed E-state index contributed by atoms with van der Waals surface area (Å²) < 4.78 is 11.6. The molecule has 0 saturated carbocycles. The van der Waals surface area contributed by atoms with E-state index in [0.29, 0.717) is 0 Å². The number of nitrogens with zero attached hydrogens (tertiary/aromatic N) is 2. The molecule has 1 heterocycles. The molecule has 0 N–H and O–H groups in total. The summed E-state index contributed by atoms with van der Waals surface area (Å²) in [4.78, 5) is 4.91. The van der Waals surface area contributed by atoms with E-state index >= 15 is 0 Å². The number of hydrogen-bond donors (Lipinski definition) is 0. The molecule has 1 saturated heterocycles. The van der Waals surface area contributed by atoms with Crippen molar-refractivity contribution in [3.05, 3.63) is 24.3 Å². The average molecular weight is 306 g/mol. The number of rotatable bonds is 8. The van der Waals surface area contributed by atoms with Gasteiger partial charge in [-0.25, -0.2) is 0 Å². The van der Waals surface area contributed by atoms with Crippen LogP contribution in [0.25, 0.3) is 0 Å². The molecule has 4 heteroatoms. The van der Waals surface area contributed by atoms with E-state index in [1.807, 2.05) is 24.3 Å². The lowest BCUT2D eigenvalue weighted by molar-refractivity contribution is 0.145. The standard InChI is InChI=1S/C18H30N2O2/c1-4-16(2)22-18-8-6-17(7-9-18)21-15-5-10-20-13-11-19(3)12-14-20/h6-9,16H,4-5,10-15H2,1-3H3/t16-/m0/s1. The number of piperazine rings is 1. The van der Waals surface area contributed by atoms with Gasteiger partial charge in [0, 0.05) is 32.7 Å². The lowest BCUT2D eigenvalue weighted by atomic mass is 10.3. The van der Waals surface area contributed by atoms with Gasteiger partial charge in [-0.3, -0.25) is 0 Å². The van der Waals surface area contributed by atoms with Crippen LogP contribution in [0.1, 0.15) is 26.7 Å². The quantitative estimate of drug-likeness (QED) is 0.690. The molecule has 0 amide bonds. The molecule has 0 unspecified atom stereocenters. The van der Waals surface area contributed by atoms with E-state index in [-0.39, 0.29) is 6.10 Å². The third-order valence-corrected chi connectivity index (χ3v) is 4.22. The highest BCUT2D eigenvalue weighted by Crippen LogP contribution is 2.19. The molecular weight excluding hydrogens is 276 g/mol. The van der Waals surface area contributed by atoms with Gasteiger partial charge in [-0.15, -0.1) is 0 Å². The van der Waals surface area contributed by atoms with Crippen molar-refractivity contribution < 1.29 is 9.47 Å². The van der Waals surface area contributed by atoms with Crippen molar-refractivity contribution in [1.29, 1.82) is 0 Å². The van der Waals surface area contributed by atoms with Gasteiger partial charge in [0.05, 0.1) is 12.7 Å². The monoisotopic (exact) mass is 306 g/mol. The van der Waals surface area contributed by atoms with Crippen molar-refractivity contribution in [3.63, 3.8) is 0 Å². The molecule has 0 spiro atoms. The van der Waals surface area contributed by atoms with Crippen molar-refractivity contribution in [2.75, 3.05) is 46.4 Å². The zero-order chi connectivity index (χ0) is 15.8. The number of hydrogen-bond acceptors (Lipinski definition) is 4. The molecule has 0 bridgehead atoms. The van der Waals surface area contributed by atoms with Gasteiger partial charge in [0.1, 0.15) is 11.5 Å². The van der Waals surface area contributed by atoms with E-state index in [1.54, 1.807) is 0 Å². The lowest BCUT2D eigenvalue weighted by Crippen LogP contribution is -2.44. The summed E-state index contributed by atoms with van der Waals surface area (Å²) in [5.74, 6) is 1.84. The van der Waals surface area contributed by atoms with Crippen molar-refractivity contribution in [2.45, 2.75) is 32.8 Å². The van der Waals surface area contributed by atoms with Gasteiger partial charge in [0.25, 0.3) is 0 Å². The highest BCUT2D eigenvalue weighted by molar-refractivity contribution is 5.31. The summed E-state index contributed by atoms with van der Waals surface area (Å²) in [6.45, 7) is 10.8. The average Bonchev–Trinajstić information content (AvgIpc) is 2.54. The van der Waals surface area contributed by atoms with Crippen LogP contribution in [0.3, 0.4) is 0 Å². The Balaban J connectivity index is 1.62. The zero-order valence-electron chi connectivity index (χ0n) is 14.3. The maximum Gasteiger partial charge on any atom is 0.119 e. The Hall–Kier alpha value is -1.26. The first-order valence-corrected chi connectivity index (χ1v) is 8.48. The molecule has 0 aliphatic carbocycles. The largest absolute Gasteiger partial charge is 0.494 e. The first-order valence-electron chi connectivity index (χ1n) is 8.48. The van der Waals surface area contributed by atoms with Crippen molar-refractivity contribution in [3.8, 4) is 11.5 Å². The molecule has 1 fully saturated rings. The minimum atomic E-state index is 0.260. The number of ether oxygens (including phenoxy) is 2. The molecule has 0 radical (unpaired) electrons. The van der Waals surface area contributed by atoms with Crippen LogP contribution in [0, 0.1) is 0 Å². The van der Waals surface area contributed by atoms with E-state index in [4.69, 9.17) is 9.47 Å². The normalized spacial score (nSPS) is 18.1. The summed E-state index contributed by atoms with van der Waals surface area (Å²) >= 11 is 0. The molecule has 2 rings (SSSR count). The Morgan fingerprint density at radius 2 is 1.68 bits per heavy atom. The first-order chi connectivity index (χ1) is 10.7. The Bertz CT molecular complexity index is 414. The second-order valence-electron chi connectivity index (χ2n) is 6.16. The van der Waals surface area contributed by atoms with Gasteiger partial charge in [-0.05, 0) is 51.1 Å². The second-order valence-corrected chi connectivity index (χ2v) is 6.16. The molecule has 1 aromatic carbocycles. The Labute approximate surface area is 135 Å². The van der Waals surface area contributed by atoms with Crippen LogP contribution in [0.5, 0.6) is 11.5 Å². The summed E-state index contributed by atoms with van der Waals surface area (Å²) in [5.41, 5.74) is 0. The van der Waals surface area contributed by atoms with Crippen LogP contribution in [0.4, 0.5) is 0 Å². The van der Waals surface area contributed by atoms with Crippen LogP contribution < -0.4 is 9.47 Å². The summed E-state index contributed by atoms with van der Waals surface area (Å²) in [7, 11) is 2.19. The molecule has 0 aromatic heterocycles. The van der Waals surface area contributed by atoms with Gasteiger partial charge in [-0.2, -0.15) is 0 Å². The van der Waals surface area contributed by atoms with Crippen molar-refractivity contribution in [2.24, 2.45) is 0 Å². The van der Waals surface area contributed by atoms with Gasteiger partial charge in [0.2, 0.25) is 0 Å². The predicted molar refractivity (Wildman–Crippen MR) is 90.9 cm³/mol. The van der Waals surface area contributed by atoms with E-state index in [1.165, 1.54) is 26.2 Å². The van der Waals surface area contributed by atoms with E-state index in [0.717, 1.165) is 37.5 Å². The molecule has 1 aliphatic rings. The number of benzene rings is 1. The summed E-state index contributed by atoms with van der Waals surface area (Å²) in [6.07, 6.45) is 2.36. The van der Waals surface area contributed by atoms with Gasteiger partial charge in [0.15, 0.2) is 0 Å². The fraction of sp³-hybridized carbons (Fsp3) is 0.667. The van der Waals surface area contributed by atoms with Gasteiger partial charge in [-0.1, -0.05) is 6.92 Å². The molecule has 1 aliphatic heterocycles. The van der Waals surface area contributed by atoms with Crippen LogP contribution in [-0.4, -0.2) is 62.3 Å². The zero-order valence-corrected chi connectivity index (χ0v) is 14.3. The molecule has 22 heavy (non-hydrogen) atoms. The van der Waals surface area contributed by atoms with Crippen molar-refractivity contribution >= 4 is 0 Å². The maximum atomic E-state index is 5.81. The Morgan fingerprint density at radius 3 is 2.32 bits per heavy atom. The SMILES string of the molecule is CC[C@H](C)Oc1ccc(OCCCN2CCN(C)CC2)cc1. The van der Waals surface area contributed by atoms with Crippen LogP contribution >= 0.6 is 0 Å². The topological polar surface area (TPSA) is 24.9 Å². The van der Waals surface area contributed by atoms with E-state index in [9.17, 15) is 0 Å². The van der Waals surface area contributed by atoms with Crippen LogP contribution in [0.2, 0.25) is 0 Å². The highest BCUT2D eigenvalue weighted by Gasteiger charge is 2.12. The fourth-order valence-corrected chi connectivity index (χ4v) is 2.48. The fourth-order valence-electron chi connectivity index (χ4n) is 2.48. The minimum absolute atomic E-state index is 0.260. The van der Waals surface area contributed by atoms with Gasteiger partial charge < -0.3 is 19.3 Å². The van der Waals surface area contributed by atoms with E-state index in [2.05, 4.69) is 30.7 Å². The molecule has 4 nitrogen and oxygen atoms in total. The van der Waals surface area contributed by atoms with Gasteiger partial charge >= 0.3 is 0 Å².